The van der Waals surface area contributed by atoms with E-state index in [9.17, 15) is 0 Å². The first-order valence-corrected chi connectivity index (χ1v) is 6.95. The average molecular weight is 260 g/mol. The zero-order chi connectivity index (χ0) is 13.7. The molecule has 0 amide bonds. The lowest BCUT2D eigenvalue weighted by molar-refractivity contribution is 0.00578. The van der Waals surface area contributed by atoms with Gasteiger partial charge in [0.05, 0.1) is 11.2 Å². The van der Waals surface area contributed by atoms with Crippen LogP contribution in [0, 0.1) is 0 Å². The van der Waals surface area contributed by atoms with Crippen LogP contribution in [0.3, 0.4) is 0 Å². The van der Waals surface area contributed by atoms with E-state index in [1.807, 2.05) is 12.3 Å². The average Bonchev–Trinajstić information content (AvgIpc) is 3.08. The van der Waals surface area contributed by atoms with Gasteiger partial charge in [-0.15, -0.1) is 0 Å². The molecule has 0 unspecified atom stereocenters. The van der Waals surface area contributed by atoms with Gasteiger partial charge < -0.3 is 14.6 Å². The number of hydrogen-bond acceptors (Lipinski definition) is 4. The van der Waals surface area contributed by atoms with Gasteiger partial charge in [-0.3, -0.25) is 4.98 Å². The molecular weight excluding hydrogens is 239 g/mol. The van der Waals surface area contributed by atoms with Gasteiger partial charge in [0, 0.05) is 29.6 Å². The zero-order valence-corrected chi connectivity index (χ0v) is 12.1. The van der Waals surface area contributed by atoms with Crippen molar-refractivity contribution in [1.29, 1.82) is 0 Å². The van der Waals surface area contributed by atoms with Gasteiger partial charge in [-0.2, -0.15) is 0 Å². The molecule has 1 N–H and O–H groups in total. The minimum Gasteiger partial charge on any atom is -0.399 e. The Morgan fingerprint density at radius 2 is 1.84 bits per heavy atom. The molecule has 5 heteroatoms. The first-order valence-electron chi connectivity index (χ1n) is 6.95. The van der Waals surface area contributed by atoms with Crippen molar-refractivity contribution >= 4 is 18.3 Å². The molecule has 0 radical (unpaired) electrons. The van der Waals surface area contributed by atoms with Crippen LogP contribution in [-0.2, 0) is 9.31 Å². The maximum atomic E-state index is 6.09. The van der Waals surface area contributed by atoms with Crippen LogP contribution in [0.1, 0.15) is 40.5 Å². The van der Waals surface area contributed by atoms with Crippen LogP contribution in [0.5, 0.6) is 0 Å². The second-order valence-electron chi connectivity index (χ2n) is 6.47. The predicted octanol–water partition coefficient (Wildman–Crippen LogP) is 1.96. The van der Waals surface area contributed by atoms with Crippen LogP contribution in [0.4, 0.5) is 5.69 Å². The number of nitrogens with zero attached hydrogens (tertiary/aromatic N) is 1. The third-order valence-electron chi connectivity index (χ3n) is 4.30. The molecule has 2 heterocycles. The van der Waals surface area contributed by atoms with Crippen LogP contribution < -0.4 is 10.8 Å². The van der Waals surface area contributed by atoms with Gasteiger partial charge in [0.25, 0.3) is 0 Å². The van der Waals surface area contributed by atoms with Crippen LogP contribution in [0.25, 0.3) is 0 Å². The number of rotatable bonds is 3. The van der Waals surface area contributed by atoms with Crippen molar-refractivity contribution in [2.24, 2.45) is 0 Å². The van der Waals surface area contributed by atoms with Gasteiger partial charge in [0.15, 0.2) is 0 Å². The maximum Gasteiger partial charge on any atom is 0.498 e. The lowest BCUT2D eigenvalue weighted by Crippen LogP contribution is -2.41. The first kappa shape index (κ1) is 12.9. The lowest BCUT2D eigenvalue weighted by atomic mass is 9.79. The Kier molecular flexibility index (Phi) is 2.87. The lowest BCUT2D eigenvalue weighted by Gasteiger charge is -2.32. The summed E-state index contributed by atoms with van der Waals surface area (Å²) in [5, 5.41) is 3.52. The SMILES string of the molecule is CC1(C)OB(c2cnccc2NC2CC2)OC1(C)C. The number of aromatic nitrogens is 1. The van der Waals surface area contributed by atoms with Crippen molar-refractivity contribution in [3.63, 3.8) is 0 Å². The van der Waals surface area contributed by atoms with E-state index in [1.54, 1.807) is 6.20 Å². The smallest absolute Gasteiger partial charge is 0.399 e. The van der Waals surface area contributed by atoms with Crippen molar-refractivity contribution in [2.75, 3.05) is 5.32 Å². The molecule has 0 spiro atoms. The largest absolute Gasteiger partial charge is 0.498 e. The summed E-state index contributed by atoms with van der Waals surface area (Å²) in [4.78, 5) is 4.21. The second-order valence-corrected chi connectivity index (χ2v) is 6.47. The number of pyridine rings is 1. The van der Waals surface area contributed by atoms with E-state index in [2.05, 4.69) is 38.0 Å². The van der Waals surface area contributed by atoms with Crippen LogP contribution in [0.15, 0.2) is 18.5 Å². The highest BCUT2D eigenvalue weighted by atomic mass is 16.7. The molecule has 19 heavy (non-hydrogen) atoms. The van der Waals surface area contributed by atoms with Crippen molar-refractivity contribution in [3.05, 3.63) is 18.5 Å². The molecule has 0 atom stereocenters. The Hall–Kier alpha value is -1.07. The summed E-state index contributed by atoms with van der Waals surface area (Å²) in [6.07, 6.45) is 6.13. The second kappa shape index (κ2) is 4.22. The molecule has 102 valence electrons. The molecule has 1 saturated carbocycles. The third kappa shape index (κ3) is 2.37. The summed E-state index contributed by atoms with van der Waals surface area (Å²) in [5.74, 6) is 0. The fraction of sp³-hybridized carbons (Fsp3) is 0.643. The highest BCUT2D eigenvalue weighted by Crippen LogP contribution is 2.37. The van der Waals surface area contributed by atoms with Crippen LogP contribution in [0.2, 0.25) is 0 Å². The summed E-state index contributed by atoms with van der Waals surface area (Å²) >= 11 is 0. The van der Waals surface area contributed by atoms with E-state index in [4.69, 9.17) is 9.31 Å². The number of nitrogens with one attached hydrogen (secondary N) is 1. The van der Waals surface area contributed by atoms with E-state index < -0.39 is 0 Å². The molecule has 0 bridgehead atoms. The molecule has 1 aromatic rings. The van der Waals surface area contributed by atoms with Crippen molar-refractivity contribution in [2.45, 2.75) is 57.8 Å². The van der Waals surface area contributed by atoms with Crippen molar-refractivity contribution in [3.8, 4) is 0 Å². The summed E-state index contributed by atoms with van der Waals surface area (Å²) in [6, 6.07) is 2.60. The Morgan fingerprint density at radius 1 is 1.21 bits per heavy atom. The number of anilines is 1. The molecule has 1 aliphatic heterocycles. The van der Waals surface area contributed by atoms with Crippen molar-refractivity contribution in [1.82, 2.24) is 4.98 Å². The normalized spacial score (nSPS) is 24.5. The standard InChI is InChI=1S/C14H21BN2O2/c1-13(2)14(3,4)19-15(18-13)11-9-16-8-7-12(11)17-10-5-6-10/h7-10H,5-6H2,1-4H3,(H,16,17). The van der Waals surface area contributed by atoms with Crippen LogP contribution in [-0.4, -0.2) is 29.3 Å². The Morgan fingerprint density at radius 3 is 2.42 bits per heavy atom. The molecule has 1 aromatic heterocycles. The summed E-state index contributed by atoms with van der Waals surface area (Å²) in [7, 11) is -0.347. The Balaban J connectivity index is 1.86. The van der Waals surface area contributed by atoms with E-state index >= 15 is 0 Å². The van der Waals surface area contributed by atoms with E-state index in [1.165, 1.54) is 12.8 Å². The van der Waals surface area contributed by atoms with Gasteiger partial charge in [-0.25, -0.2) is 0 Å². The summed E-state index contributed by atoms with van der Waals surface area (Å²) in [6.45, 7) is 8.27. The van der Waals surface area contributed by atoms with E-state index in [0.29, 0.717) is 6.04 Å². The molecule has 4 nitrogen and oxygen atoms in total. The minimum atomic E-state index is -0.347. The topological polar surface area (TPSA) is 43.4 Å². The van der Waals surface area contributed by atoms with Gasteiger partial charge in [-0.05, 0) is 46.6 Å². The highest BCUT2D eigenvalue weighted by Gasteiger charge is 2.52. The molecule has 1 aliphatic carbocycles. The van der Waals surface area contributed by atoms with Gasteiger partial charge in [-0.1, -0.05) is 0 Å². The van der Waals surface area contributed by atoms with E-state index in [-0.39, 0.29) is 18.3 Å². The van der Waals surface area contributed by atoms with Gasteiger partial charge in [0.2, 0.25) is 0 Å². The number of hydrogen-bond donors (Lipinski definition) is 1. The molecule has 2 aliphatic rings. The predicted molar refractivity (Wildman–Crippen MR) is 76.6 cm³/mol. The monoisotopic (exact) mass is 260 g/mol. The fourth-order valence-corrected chi connectivity index (χ4v) is 2.14. The Labute approximate surface area is 115 Å². The van der Waals surface area contributed by atoms with E-state index in [0.717, 1.165) is 11.2 Å². The zero-order valence-electron chi connectivity index (χ0n) is 12.1. The highest BCUT2D eigenvalue weighted by molar-refractivity contribution is 6.63. The van der Waals surface area contributed by atoms with Crippen molar-refractivity contribution < 1.29 is 9.31 Å². The molecule has 3 rings (SSSR count). The Bertz CT molecular complexity index is 470. The summed E-state index contributed by atoms with van der Waals surface area (Å²) < 4.78 is 12.2. The van der Waals surface area contributed by atoms with Gasteiger partial charge >= 0.3 is 7.12 Å². The minimum absolute atomic E-state index is 0.315. The van der Waals surface area contributed by atoms with Crippen LogP contribution >= 0.6 is 0 Å². The fourth-order valence-electron chi connectivity index (χ4n) is 2.14. The first-order chi connectivity index (χ1) is 8.89. The third-order valence-corrected chi connectivity index (χ3v) is 4.30. The maximum absolute atomic E-state index is 6.09. The molecule has 1 saturated heterocycles. The quantitative estimate of drug-likeness (QED) is 0.843. The molecule has 2 fully saturated rings. The molecule has 0 aromatic carbocycles. The summed E-state index contributed by atoms with van der Waals surface area (Å²) in [5.41, 5.74) is 1.44. The van der Waals surface area contributed by atoms with Gasteiger partial charge in [0.1, 0.15) is 0 Å². The molecular formula is C14H21BN2O2.